The van der Waals surface area contributed by atoms with Crippen LogP contribution in [0, 0.1) is 17.3 Å². The number of likely N-dealkylation sites (tertiary alicyclic amines) is 1. The molecule has 0 bridgehead atoms. The van der Waals surface area contributed by atoms with E-state index < -0.39 is 0 Å². The lowest BCUT2D eigenvalue weighted by molar-refractivity contribution is -0.112. The van der Waals surface area contributed by atoms with E-state index in [1.165, 1.54) is 29.2 Å². The number of piperidine rings is 1. The van der Waals surface area contributed by atoms with Gasteiger partial charge in [0.15, 0.2) is 0 Å². The Morgan fingerprint density at radius 2 is 1.60 bits per heavy atom. The molecule has 1 aliphatic carbocycles. The molecule has 0 spiro atoms. The minimum Gasteiger partial charge on any atom is -0.490 e. The maximum absolute atomic E-state index is 11.0. The van der Waals surface area contributed by atoms with Gasteiger partial charge in [0.25, 0.3) is 0 Å². The lowest BCUT2D eigenvalue weighted by Crippen LogP contribution is -2.33. The molecule has 3 heteroatoms. The summed E-state index contributed by atoms with van der Waals surface area (Å²) < 4.78 is 6.55. The maximum Gasteiger partial charge on any atom is 0.127 e. The number of hydrogen-bond acceptors (Lipinski definition) is 3. The summed E-state index contributed by atoms with van der Waals surface area (Å²) in [6.45, 7) is 10.1. The molecule has 2 aromatic carbocycles. The van der Waals surface area contributed by atoms with Crippen LogP contribution in [0.2, 0.25) is 0 Å². The number of fused-ring (bicyclic) bond motifs is 1. The van der Waals surface area contributed by atoms with Crippen LogP contribution in [-0.2, 0) is 11.3 Å². The van der Waals surface area contributed by atoms with Gasteiger partial charge in [-0.05, 0) is 80.0 Å². The van der Waals surface area contributed by atoms with E-state index in [2.05, 4.69) is 62.1 Å². The first-order valence-corrected chi connectivity index (χ1v) is 11.8. The van der Waals surface area contributed by atoms with Crippen molar-refractivity contribution in [3.8, 4) is 5.75 Å². The molecule has 30 heavy (non-hydrogen) atoms. The van der Waals surface area contributed by atoms with Crippen LogP contribution in [0.25, 0.3) is 10.8 Å². The molecule has 2 aliphatic rings. The van der Waals surface area contributed by atoms with Gasteiger partial charge in [-0.3, -0.25) is 4.90 Å². The standard InChI is InChI=1S/C27H37NO2/c1-27(2,3)22-10-12-23(13-11-22)30-26-9-5-7-24-21(6-4-8-25(24)26)18-28-16-14-20(19-29)15-17-28/h4-9,19-20,22-23H,10-18H2,1-3H3. The Morgan fingerprint density at radius 3 is 2.27 bits per heavy atom. The van der Waals surface area contributed by atoms with Crippen LogP contribution in [0.15, 0.2) is 36.4 Å². The number of carbonyl (C=O) groups excluding carboxylic acids is 1. The minimum absolute atomic E-state index is 0.252. The zero-order chi connectivity index (χ0) is 21.1. The normalized spacial score (nSPS) is 24.1. The molecule has 162 valence electrons. The molecule has 0 atom stereocenters. The number of carbonyl (C=O) groups is 1. The molecule has 4 rings (SSSR count). The van der Waals surface area contributed by atoms with Crippen LogP contribution in [0.3, 0.4) is 0 Å². The molecule has 0 N–H and O–H groups in total. The Balaban J connectivity index is 1.46. The zero-order valence-electron chi connectivity index (χ0n) is 18.9. The van der Waals surface area contributed by atoms with Gasteiger partial charge in [0.2, 0.25) is 0 Å². The second-order valence-corrected chi connectivity index (χ2v) is 10.5. The molecule has 0 unspecified atom stereocenters. The molecule has 0 aromatic heterocycles. The monoisotopic (exact) mass is 407 g/mol. The van der Waals surface area contributed by atoms with Gasteiger partial charge in [-0.25, -0.2) is 0 Å². The lowest BCUT2D eigenvalue weighted by Gasteiger charge is -2.37. The van der Waals surface area contributed by atoms with Gasteiger partial charge in [-0.2, -0.15) is 0 Å². The highest BCUT2D eigenvalue weighted by molar-refractivity contribution is 5.91. The highest BCUT2D eigenvalue weighted by atomic mass is 16.5. The second kappa shape index (κ2) is 9.09. The third-order valence-corrected chi connectivity index (χ3v) is 7.38. The summed E-state index contributed by atoms with van der Waals surface area (Å²) in [4.78, 5) is 13.5. The van der Waals surface area contributed by atoms with E-state index in [4.69, 9.17) is 4.74 Å². The summed E-state index contributed by atoms with van der Waals surface area (Å²) >= 11 is 0. The highest BCUT2D eigenvalue weighted by Crippen LogP contribution is 2.39. The third kappa shape index (κ3) is 4.88. The van der Waals surface area contributed by atoms with E-state index in [0.29, 0.717) is 11.5 Å². The van der Waals surface area contributed by atoms with E-state index in [1.54, 1.807) is 0 Å². The van der Waals surface area contributed by atoms with Crippen LogP contribution in [0.4, 0.5) is 0 Å². The van der Waals surface area contributed by atoms with Gasteiger partial charge in [0.1, 0.15) is 12.0 Å². The van der Waals surface area contributed by atoms with Gasteiger partial charge in [-0.1, -0.05) is 51.1 Å². The summed E-state index contributed by atoms with van der Waals surface area (Å²) in [6.07, 6.45) is 8.28. The molecule has 1 saturated carbocycles. The first-order valence-electron chi connectivity index (χ1n) is 11.8. The molecule has 1 saturated heterocycles. The maximum atomic E-state index is 11.0. The quantitative estimate of drug-likeness (QED) is 0.550. The molecule has 3 nitrogen and oxygen atoms in total. The molecule has 1 aliphatic heterocycles. The molecule has 0 radical (unpaired) electrons. The van der Waals surface area contributed by atoms with Crippen LogP contribution in [0.1, 0.15) is 64.9 Å². The van der Waals surface area contributed by atoms with Gasteiger partial charge in [0.05, 0.1) is 6.10 Å². The van der Waals surface area contributed by atoms with E-state index in [-0.39, 0.29) is 5.92 Å². The van der Waals surface area contributed by atoms with Crippen LogP contribution in [0.5, 0.6) is 5.75 Å². The topological polar surface area (TPSA) is 29.5 Å². The number of rotatable bonds is 5. The summed E-state index contributed by atoms with van der Waals surface area (Å²) in [5.41, 5.74) is 1.76. The van der Waals surface area contributed by atoms with E-state index in [9.17, 15) is 4.79 Å². The van der Waals surface area contributed by atoms with E-state index in [0.717, 1.165) is 63.3 Å². The van der Waals surface area contributed by atoms with E-state index >= 15 is 0 Å². The fourth-order valence-electron chi connectivity index (χ4n) is 5.30. The fourth-order valence-corrected chi connectivity index (χ4v) is 5.30. The Labute approximate surface area is 181 Å². The molecule has 0 amide bonds. The molecule has 2 aromatic rings. The fraction of sp³-hybridized carbons (Fsp3) is 0.593. The van der Waals surface area contributed by atoms with Crippen LogP contribution < -0.4 is 4.74 Å². The first kappa shape index (κ1) is 21.4. The van der Waals surface area contributed by atoms with Crippen molar-refractivity contribution >= 4 is 17.1 Å². The van der Waals surface area contributed by atoms with E-state index in [1.807, 2.05) is 0 Å². The van der Waals surface area contributed by atoms with Gasteiger partial charge in [0, 0.05) is 17.8 Å². The van der Waals surface area contributed by atoms with Crippen molar-refractivity contribution in [2.75, 3.05) is 13.1 Å². The van der Waals surface area contributed by atoms with Gasteiger partial charge >= 0.3 is 0 Å². The lowest BCUT2D eigenvalue weighted by atomic mass is 9.72. The molecular weight excluding hydrogens is 370 g/mol. The van der Waals surface area contributed by atoms with Crippen LogP contribution in [-0.4, -0.2) is 30.4 Å². The predicted molar refractivity (Wildman–Crippen MR) is 124 cm³/mol. The summed E-state index contributed by atoms with van der Waals surface area (Å²) in [5, 5.41) is 2.53. The average Bonchev–Trinajstić information content (AvgIpc) is 2.75. The number of benzene rings is 2. The summed E-state index contributed by atoms with van der Waals surface area (Å²) in [5.74, 6) is 2.09. The van der Waals surface area contributed by atoms with Gasteiger partial charge < -0.3 is 9.53 Å². The summed E-state index contributed by atoms with van der Waals surface area (Å²) in [7, 11) is 0. The van der Waals surface area contributed by atoms with Crippen molar-refractivity contribution in [2.45, 2.75) is 71.9 Å². The smallest absolute Gasteiger partial charge is 0.127 e. The molecule has 1 heterocycles. The largest absolute Gasteiger partial charge is 0.490 e. The number of aldehydes is 1. The predicted octanol–water partition coefficient (Wildman–Crippen LogP) is 6.23. The van der Waals surface area contributed by atoms with Crippen molar-refractivity contribution in [2.24, 2.45) is 17.3 Å². The van der Waals surface area contributed by atoms with Gasteiger partial charge in [-0.15, -0.1) is 0 Å². The zero-order valence-corrected chi connectivity index (χ0v) is 18.9. The SMILES string of the molecule is CC(C)(C)C1CCC(Oc2cccc3c(CN4CCC(C=O)CC4)cccc23)CC1. The Bertz CT molecular complexity index is 853. The number of ether oxygens (including phenoxy) is 1. The van der Waals surface area contributed by atoms with Crippen molar-refractivity contribution < 1.29 is 9.53 Å². The number of nitrogens with zero attached hydrogens (tertiary/aromatic N) is 1. The number of hydrogen-bond donors (Lipinski definition) is 0. The first-order chi connectivity index (χ1) is 14.4. The Hall–Kier alpha value is -1.87. The molecular formula is C27H37NO2. The minimum atomic E-state index is 0.252. The summed E-state index contributed by atoms with van der Waals surface area (Å²) in [6, 6.07) is 13.1. The van der Waals surface area contributed by atoms with Crippen molar-refractivity contribution in [1.82, 2.24) is 4.90 Å². The van der Waals surface area contributed by atoms with Crippen molar-refractivity contribution in [1.29, 1.82) is 0 Å². The molecule has 2 fully saturated rings. The van der Waals surface area contributed by atoms with Crippen LogP contribution >= 0.6 is 0 Å². The van der Waals surface area contributed by atoms with Crippen molar-refractivity contribution in [3.05, 3.63) is 42.0 Å². The highest BCUT2D eigenvalue weighted by Gasteiger charge is 2.30. The van der Waals surface area contributed by atoms with Crippen molar-refractivity contribution in [3.63, 3.8) is 0 Å². The average molecular weight is 408 g/mol. The Kier molecular flexibility index (Phi) is 6.48. The Morgan fingerprint density at radius 1 is 0.933 bits per heavy atom. The second-order valence-electron chi connectivity index (χ2n) is 10.5. The third-order valence-electron chi connectivity index (χ3n) is 7.38.